The van der Waals surface area contributed by atoms with E-state index in [9.17, 15) is 9.59 Å². The highest BCUT2D eigenvalue weighted by molar-refractivity contribution is 9.10. The van der Waals surface area contributed by atoms with E-state index < -0.39 is 0 Å². The lowest BCUT2D eigenvalue weighted by Crippen LogP contribution is -2.49. The number of halogens is 1. The first-order valence-corrected chi connectivity index (χ1v) is 7.69. The molecule has 2 rings (SSSR count). The molecule has 1 aromatic rings. The average molecular weight is 342 g/mol. The van der Waals surface area contributed by atoms with Gasteiger partial charge in [-0.15, -0.1) is 0 Å². The van der Waals surface area contributed by atoms with Crippen molar-refractivity contribution in [1.29, 1.82) is 0 Å². The Hall–Kier alpha value is -1.30. The minimum Gasteiger partial charge on any atom is -0.369 e. The number of piperidine rings is 1. The zero-order chi connectivity index (χ0) is 14.9. The van der Waals surface area contributed by atoms with Crippen molar-refractivity contribution in [1.82, 2.24) is 9.47 Å². The molecule has 2 amide bonds. The quantitative estimate of drug-likeness (QED) is 0.913. The van der Waals surface area contributed by atoms with Crippen molar-refractivity contribution >= 4 is 27.7 Å². The van der Waals surface area contributed by atoms with Crippen LogP contribution in [0.15, 0.2) is 16.7 Å². The molecule has 1 fully saturated rings. The summed E-state index contributed by atoms with van der Waals surface area (Å²) in [5.74, 6) is -0.582. The third-order valence-electron chi connectivity index (χ3n) is 3.97. The first-order chi connectivity index (χ1) is 9.43. The maximum Gasteiger partial charge on any atom is 0.270 e. The molecule has 1 saturated heterocycles. The first-order valence-electron chi connectivity index (χ1n) is 6.90. The summed E-state index contributed by atoms with van der Waals surface area (Å²) in [6.07, 6.45) is 3.47. The van der Waals surface area contributed by atoms with Gasteiger partial charge in [0.1, 0.15) is 5.69 Å². The Labute approximate surface area is 127 Å². The van der Waals surface area contributed by atoms with Crippen molar-refractivity contribution in [3.05, 3.63) is 22.4 Å². The zero-order valence-electron chi connectivity index (χ0n) is 11.8. The topological polar surface area (TPSA) is 68.3 Å². The number of aryl methyl sites for hydroxylation is 1. The highest BCUT2D eigenvalue weighted by Gasteiger charge is 2.33. The van der Waals surface area contributed by atoms with Crippen LogP contribution in [-0.2, 0) is 11.3 Å². The zero-order valence-corrected chi connectivity index (χ0v) is 13.4. The van der Waals surface area contributed by atoms with E-state index in [1.165, 1.54) is 0 Å². The lowest BCUT2D eigenvalue weighted by Gasteiger charge is -2.37. The van der Waals surface area contributed by atoms with E-state index in [0.29, 0.717) is 12.2 Å². The normalized spacial score (nSPS) is 22.9. The first kappa shape index (κ1) is 15.1. The van der Waals surface area contributed by atoms with E-state index in [0.717, 1.165) is 23.9 Å². The number of primary amides is 1. The monoisotopic (exact) mass is 341 g/mol. The van der Waals surface area contributed by atoms with E-state index in [4.69, 9.17) is 5.73 Å². The van der Waals surface area contributed by atoms with Gasteiger partial charge in [0, 0.05) is 29.8 Å². The summed E-state index contributed by atoms with van der Waals surface area (Å²) in [6.45, 7) is 5.16. The second-order valence-corrected chi connectivity index (χ2v) is 6.23. The molecule has 2 N–H and O–H groups in total. The Balaban J connectivity index is 2.24. The number of hydrogen-bond donors (Lipinski definition) is 1. The fourth-order valence-electron chi connectivity index (χ4n) is 2.68. The van der Waals surface area contributed by atoms with E-state index >= 15 is 0 Å². The van der Waals surface area contributed by atoms with Crippen LogP contribution in [0.4, 0.5) is 0 Å². The van der Waals surface area contributed by atoms with E-state index in [1.54, 1.807) is 4.90 Å². The number of carbonyl (C=O) groups is 2. The third kappa shape index (κ3) is 2.90. The lowest BCUT2D eigenvalue weighted by atomic mass is 9.92. The highest BCUT2D eigenvalue weighted by atomic mass is 79.9. The molecule has 1 aliphatic rings. The number of rotatable bonds is 3. The average Bonchev–Trinajstić information content (AvgIpc) is 2.79. The predicted octanol–water partition coefficient (Wildman–Crippen LogP) is 2.00. The Kier molecular flexibility index (Phi) is 4.52. The van der Waals surface area contributed by atoms with Crippen LogP contribution in [0, 0.1) is 5.92 Å². The summed E-state index contributed by atoms with van der Waals surface area (Å²) in [5.41, 5.74) is 6.03. The Morgan fingerprint density at radius 3 is 2.75 bits per heavy atom. The summed E-state index contributed by atoms with van der Waals surface area (Å²) in [7, 11) is 0. The largest absolute Gasteiger partial charge is 0.369 e. The molecule has 2 heterocycles. The number of nitrogens with two attached hydrogens (primary N) is 1. The van der Waals surface area contributed by atoms with Crippen LogP contribution in [0.5, 0.6) is 0 Å². The molecular formula is C14H20BrN3O2. The smallest absolute Gasteiger partial charge is 0.270 e. The summed E-state index contributed by atoms with van der Waals surface area (Å²) < 4.78 is 2.80. The third-order valence-corrected chi connectivity index (χ3v) is 4.40. The molecule has 0 aromatic carbocycles. The SMILES string of the molecule is CCn1cc(Br)cc1C(=O)N1CC(C(N)=O)CCC1C. The molecule has 0 aliphatic carbocycles. The summed E-state index contributed by atoms with van der Waals surface area (Å²) in [6, 6.07) is 1.96. The van der Waals surface area contributed by atoms with Crippen molar-refractivity contribution < 1.29 is 9.59 Å². The molecule has 0 radical (unpaired) electrons. The number of likely N-dealkylation sites (tertiary alicyclic amines) is 1. The standard InChI is InChI=1S/C14H20BrN3O2/c1-3-17-8-11(15)6-12(17)14(20)18-7-10(13(16)19)5-4-9(18)2/h6,8-10H,3-5,7H2,1-2H3,(H2,16,19). The number of hydrogen-bond acceptors (Lipinski definition) is 2. The number of aromatic nitrogens is 1. The molecule has 20 heavy (non-hydrogen) atoms. The molecule has 110 valence electrons. The van der Waals surface area contributed by atoms with Gasteiger partial charge < -0.3 is 15.2 Å². The fraction of sp³-hybridized carbons (Fsp3) is 0.571. The molecular weight excluding hydrogens is 322 g/mol. The summed E-state index contributed by atoms with van der Waals surface area (Å²) in [4.78, 5) is 25.8. The van der Waals surface area contributed by atoms with Gasteiger partial charge in [-0.3, -0.25) is 9.59 Å². The van der Waals surface area contributed by atoms with Gasteiger partial charge in [0.05, 0.1) is 5.92 Å². The van der Waals surface area contributed by atoms with E-state index in [1.807, 2.05) is 30.7 Å². The van der Waals surface area contributed by atoms with Gasteiger partial charge in [0.2, 0.25) is 5.91 Å². The second-order valence-electron chi connectivity index (χ2n) is 5.31. The number of nitrogens with zero attached hydrogens (tertiary/aromatic N) is 2. The minimum absolute atomic E-state index is 0.0315. The molecule has 1 aliphatic heterocycles. The van der Waals surface area contributed by atoms with Crippen LogP contribution in [-0.4, -0.2) is 33.9 Å². The summed E-state index contributed by atoms with van der Waals surface area (Å²) in [5, 5.41) is 0. The van der Waals surface area contributed by atoms with Gasteiger partial charge in [-0.05, 0) is 48.7 Å². The van der Waals surface area contributed by atoms with Crippen molar-refractivity contribution in [2.75, 3.05) is 6.54 Å². The Morgan fingerprint density at radius 1 is 1.45 bits per heavy atom. The Morgan fingerprint density at radius 2 is 2.15 bits per heavy atom. The van der Waals surface area contributed by atoms with Crippen molar-refractivity contribution in [3.8, 4) is 0 Å². The van der Waals surface area contributed by atoms with Crippen LogP contribution in [0.1, 0.15) is 37.2 Å². The molecule has 6 heteroatoms. The van der Waals surface area contributed by atoms with Crippen molar-refractivity contribution in [3.63, 3.8) is 0 Å². The van der Waals surface area contributed by atoms with Crippen molar-refractivity contribution in [2.24, 2.45) is 11.7 Å². The predicted molar refractivity (Wildman–Crippen MR) is 80.2 cm³/mol. The lowest BCUT2D eigenvalue weighted by molar-refractivity contribution is -0.123. The molecule has 0 saturated carbocycles. The van der Waals surface area contributed by atoms with Crippen LogP contribution in [0.25, 0.3) is 0 Å². The van der Waals surface area contributed by atoms with E-state index in [2.05, 4.69) is 15.9 Å². The van der Waals surface area contributed by atoms with Crippen molar-refractivity contribution in [2.45, 2.75) is 39.3 Å². The molecule has 2 unspecified atom stereocenters. The highest BCUT2D eigenvalue weighted by Crippen LogP contribution is 2.25. The maximum absolute atomic E-state index is 12.7. The van der Waals surface area contributed by atoms with Crippen LogP contribution >= 0.6 is 15.9 Å². The molecule has 5 nitrogen and oxygen atoms in total. The van der Waals surface area contributed by atoms with Crippen LogP contribution in [0.2, 0.25) is 0 Å². The summed E-state index contributed by atoms with van der Waals surface area (Å²) >= 11 is 3.40. The fourth-order valence-corrected chi connectivity index (χ4v) is 3.15. The van der Waals surface area contributed by atoms with Gasteiger partial charge in [-0.2, -0.15) is 0 Å². The molecule has 2 atom stereocenters. The number of carbonyl (C=O) groups excluding carboxylic acids is 2. The second kappa shape index (κ2) is 5.99. The van der Waals surface area contributed by atoms with E-state index in [-0.39, 0.29) is 23.8 Å². The van der Waals surface area contributed by atoms with Gasteiger partial charge >= 0.3 is 0 Å². The molecule has 0 spiro atoms. The van der Waals surface area contributed by atoms with Gasteiger partial charge in [0.25, 0.3) is 5.91 Å². The molecule has 0 bridgehead atoms. The molecule has 1 aromatic heterocycles. The number of amides is 2. The Bertz CT molecular complexity index is 526. The maximum atomic E-state index is 12.7. The van der Waals surface area contributed by atoms with Crippen LogP contribution < -0.4 is 5.73 Å². The van der Waals surface area contributed by atoms with Gasteiger partial charge in [-0.1, -0.05) is 0 Å². The van der Waals surface area contributed by atoms with Gasteiger partial charge in [0.15, 0.2) is 0 Å². The van der Waals surface area contributed by atoms with Crippen LogP contribution in [0.3, 0.4) is 0 Å². The van der Waals surface area contributed by atoms with Gasteiger partial charge in [-0.25, -0.2) is 0 Å². The minimum atomic E-state index is -0.318.